The first-order valence-corrected chi connectivity index (χ1v) is 45.6. The number of methoxy groups -OCH3 is 6. The maximum absolute atomic E-state index is 12.5. The number of aryl methyl sites for hydroxylation is 2. The van der Waals surface area contributed by atoms with Crippen LogP contribution in [-0.4, -0.2) is 119 Å². The van der Waals surface area contributed by atoms with Crippen molar-refractivity contribution in [2.24, 2.45) is 10.8 Å². The summed E-state index contributed by atoms with van der Waals surface area (Å²) in [7, 11) is 9.71. The lowest BCUT2D eigenvalue weighted by atomic mass is 10.2. The van der Waals surface area contributed by atoms with Crippen LogP contribution in [0.25, 0.3) is 44.1 Å². The number of para-hydroxylation sites is 12. The van der Waals surface area contributed by atoms with Crippen molar-refractivity contribution in [2.45, 2.75) is 26.3 Å². The summed E-state index contributed by atoms with van der Waals surface area (Å²) in [6.07, 6.45) is 3.55. The number of benzene rings is 6. The molecule has 670 valence electrons. The number of aromatic carboxylic acids is 1. The van der Waals surface area contributed by atoms with Crippen LogP contribution in [0.15, 0.2) is 314 Å². The van der Waals surface area contributed by atoms with Crippen molar-refractivity contribution < 1.29 is 43.1 Å². The van der Waals surface area contributed by atoms with Crippen molar-refractivity contribution in [3.8, 4) is 67.3 Å². The van der Waals surface area contributed by atoms with E-state index in [0.29, 0.717) is 85.4 Å². The van der Waals surface area contributed by atoms with Crippen molar-refractivity contribution >= 4 is 160 Å². The average Bonchev–Trinajstić information content (AvgIpc) is 1.64. The summed E-state index contributed by atoms with van der Waals surface area (Å²) < 4.78 is 38.3. The zero-order chi connectivity index (χ0) is 93.0. The largest absolute Gasteiger partial charge is 0.495 e. The molecule has 0 radical (unpaired) electrons. The zero-order valence-electron chi connectivity index (χ0n) is 71.7. The number of nitrogens with one attached hydrogen (secondary N) is 4. The standard InChI is InChI=1S/C23H20N6O2S.C13H12N4OS.C12H13N3OS.C12H11NO2S.C12H11NOS2.C10H9ClN2O.C7H9NO.C5H4O2S/c1-15-9-10-20-25-16(12-21(30)28(20)14-15)13-24-23-27-26-22(19-8-5-11-32-19)29(23)17-6-3-4-7-18(17)31-2;1-18-10-6-3-2-5-9(10)17-12(15-16-13(17)14)11-7-4-8-19-11;1-16-10-6-3-2-5-9(10)14-12(15-13)11-7-4-8-17-11;1-15-10-6-3-2-5-9(10)13-12(14)11-7-4-8-16-11;1-14-10-6-3-2-5-9(10)13-12(15)11-7-4-8-16-11;1-7-2-3-9-12-8(5-11)4-10(14)13(9)6-7;1-9-7-5-3-2-4-6(7)8;6-5(7)4-2-1-3-8-4/h3-12,14H,13H2,1-2H3,(H,24,27);2-8H,1H3,(H2,14,16);2-8H,13H2,1H3,(H,14,15);2-8H,1H3,(H,13,14);2-8H,1H3,(H,13,15);2-4,6H,5H2,1H3;2-5H,8H2,1H3;1-3H,(H,6,7). The number of aromatic nitrogens is 10. The molecule has 1 amide bonds. The number of hydrogen-bond acceptors (Lipinski definition) is 28. The van der Waals surface area contributed by atoms with Gasteiger partial charge in [0.1, 0.15) is 61.3 Å². The van der Waals surface area contributed by atoms with Crippen LogP contribution < -0.4 is 78.2 Å². The number of thiophene rings is 6. The molecule has 0 bridgehead atoms. The Morgan fingerprint density at radius 3 is 1.37 bits per heavy atom. The molecule has 29 nitrogen and oxygen atoms in total. The molecule has 18 aromatic rings. The number of nitrogen functional groups attached to an aromatic ring is 2. The van der Waals surface area contributed by atoms with E-state index in [4.69, 9.17) is 74.7 Å². The Bertz CT molecular complexity index is 6740. The Labute approximate surface area is 787 Å². The number of aliphatic imine (C=N–C) groups is 1. The Balaban J connectivity index is 0.000000149. The SMILES string of the molecule is COc1ccccc1-n1c(N)nnc1-c1cccs1.COc1ccccc1-n1c(NCc2cc(=O)n3cc(C)ccc3n2)nnc1-c1cccs1.COc1ccccc1N.COc1ccccc1N=C(NN)c1cccs1.COc1ccccc1NC(=O)c1cccs1.COc1ccccc1NC(=S)c1cccs1.Cc1ccc2nc(CCl)cc(=O)n2c1.O=C(O)c1cccs1. The first-order chi connectivity index (χ1) is 63.8. The van der Waals surface area contributed by atoms with E-state index < -0.39 is 5.97 Å². The lowest BCUT2D eigenvalue weighted by Gasteiger charge is -2.14. The zero-order valence-corrected chi connectivity index (χ0v) is 78.2. The molecule has 12 aromatic heterocycles. The average molecular weight is 1910 g/mol. The summed E-state index contributed by atoms with van der Waals surface area (Å²) in [5, 5.41) is 46.1. The van der Waals surface area contributed by atoms with Crippen molar-refractivity contribution in [3.05, 3.63) is 362 Å². The van der Waals surface area contributed by atoms with Crippen LogP contribution in [0.2, 0.25) is 0 Å². The number of nitrogens with zero attached hydrogens (tertiary/aromatic N) is 11. The number of amidine groups is 1. The number of thiocarbonyl (C=S) groups is 1. The number of rotatable bonds is 21. The third-order valence-electron chi connectivity index (χ3n) is 18.1. The molecule has 0 spiro atoms. The number of carboxylic acid groups (broad SMARTS) is 1. The molecule has 0 fully saturated rings. The number of ether oxygens (including phenoxy) is 6. The van der Waals surface area contributed by atoms with Gasteiger partial charge in [0, 0.05) is 24.5 Å². The number of fused-ring (bicyclic) bond motifs is 2. The van der Waals surface area contributed by atoms with Gasteiger partial charge in [-0.25, -0.2) is 25.6 Å². The fraction of sp³-hybridized carbons (Fsp3) is 0.106. The van der Waals surface area contributed by atoms with Crippen molar-refractivity contribution in [1.29, 1.82) is 0 Å². The lowest BCUT2D eigenvalue weighted by molar-refractivity contribution is 0.0701. The molecule has 131 heavy (non-hydrogen) atoms. The highest BCUT2D eigenvalue weighted by atomic mass is 35.5. The Morgan fingerprint density at radius 1 is 0.458 bits per heavy atom. The van der Waals surface area contributed by atoms with Gasteiger partial charge >= 0.3 is 5.97 Å². The molecule has 12 heterocycles. The van der Waals surface area contributed by atoms with Gasteiger partial charge in [-0.2, -0.15) is 0 Å². The predicted molar refractivity (Wildman–Crippen MR) is 534 cm³/mol. The van der Waals surface area contributed by atoms with Gasteiger partial charge in [-0.05, 0) is 179 Å². The summed E-state index contributed by atoms with van der Waals surface area (Å²) in [4.78, 5) is 65.1. The summed E-state index contributed by atoms with van der Waals surface area (Å²) in [5.74, 6) is 12.1. The molecule has 0 aliphatic heterocycles. The quantitative estimate of drug-likeness (QED) is 0.00630. The monoisotopic (exact) mass is 1900 g/mol. The van der Waals surface area contributed by atoms with Crippen LogP contribution in [0, 0.1) is 13.8 Å². The van der Waals surface area contributed by atoms with Crippen molar-refractivity contribution in [3.63, 3.8) is 0 Å². The number of nitrogens with two attached hydrogens (primary N) is 3. The molecule has 11 N–H and O–H groups in total. The molecule has 37 heteroatoms. The van der Waals surface area contributed by atoms with Gasteiger partial charge in [0.15, 0.2) is 17.5 Å². The van der Waals surface area contributed by atoms with E-state index in [1.54, 1.807) is 139 Å². The van der Waals surface area contributed by atoms with Gasteiger partial charge in [0.25, 0.3) is 17.0 Å². The molecular weight excluding hydrogens is 1820 g/mol. The van der Waals surface area contributed by atoms with Gasteiger partial charge in [0.05, 0.1) is 119 Å². The highest BCUT2D eigenvalue weighted by molar-refractivity contribution is 7.81. The smallest absolute Gasteiger partial charge is 0.345 e. The predicted octanol–water partition coefficient (Wildman–Crippen LogP) is 19.8. The van der Waals surface area contributed by atoms with Gasteiger partial charge in [-0.3, -0.25) is 32.3 Å². The molecule has 0 saturated carbocycles. The molecule has 18 rings (SSSR count). The number of carbonyl (C=O) groups excluding carboxylic acids is 1. The fourth-order valence-corrected chi connectivity index (χ4v) is 16.3. The molecular formula is C94H89ClN18O11S7. The van der Waals surface area contributed by atoms with Crippen LogP contribution >= 0.6 is 91.8 Å². The minimum Gasteiger partial charge on any atom is -0.495 e. The molecule has 0 atom stereocenters. The summed E-state index contributed by atoms with van der Waals surface area (Å²) in [6.45, 7) is 4.19. The van der Waals surface area contributed by atoms with Gasteiger partial charge in [-0.15, -0.1) is 100 Å². The maximum atomic E-state index is 12.5. The summed E-state index contributed by atoms with van der Waals surface area (Å²) >= 11 is 19.9. The molecule has 0 aliphatic carbocycles. The van der Waals surface area contributed by atoms with Crippen LogP contribution in [0.4, 0.5) is 34.6 Å². The minimum absolute atomic E-state index is 0.0886. The van der Waals surface area contributed by atoms with E-state index in [9.17, 15) is 19.2 Å². The number of carbonyl (C=O) groups is 2. The first kappa shape index (κ1) is 96.9. The Morgan fingerprint density at radius 2 is 0.885 bits per heavy atom. The molecule has 0 aliphatic rings. The number of hydrogen-bond donors (Lipinski definition) is 8. The van der Waals surface area contributed by atoms with Crippen LogP contribution in [0.1, 0.15) is 51.6 Å². The molecule has 0 saturated heterocycles. The number of carboxylic acids is 1. The number of alkyl halides is 1. The second-order valence-corrected chi connectivity index (χ2v) is 33.1. The van der Waals surface area contributed by atoms with Crippen LogP contribution in [0.5, 0.6) is 34.5 Å². The van der Waals surface area contributed by atoms with E-state index in [1.165, 1.54) is 39.2 Å². The second-order valence-electron chi connectivity index (χ2n) is 26.8. The number of pyridine rings is 2. The van der Waals surface area contributed by atoms with Crippen molar-refractivity contribution in [2.75, 3.05) is 70.1 Å². The number of halogens is 1. The third kappa shape index (κ3) is 26.9. The summed E-state index contributed by atoms with van der Waals surface area (Å²) in [6, 6.07) is 78.6. The fourth-order valence-electron chi connectivity index (χ4n) is 11.9. The van der Waals surface area contributed by atoms with Crippen molar-refractivity contribution in [1.82, 2.24) is 53.7 Å². The van der Waals surface area contributed by atoms with Gasteiger partial charge < -0.3 is 66.4 Å². The van der Waals surface area contributed by atoms with E-state index in [0.717, 1.165) is 87.2 Å². The normalized spacial score (nSPS) is 10.4. The Hall–Kier alpha value is -14.7. The molecule has 6 aromatic carbocycles. The lowest BCUT2D eigenvalue weighted by Crippen LogP contribution is -2.30. The first-order valence-electron chi connectivity index (χ1n) is 39.4. The van der Waals surface area contributed by atoms with Crippen LogP contribution in [-0.2, 0) is 12.4 Å². The minimum atomic E-state index is -0.847. The van der Waals surface area contributed by atoms with Gasteiger partial charge in [0.2, 0.25) is 11.9 Å². The van der Waals surface area contributed by atoms with Gasteiger partial charge in [-0.1, -0.05) is 134 Å². The summed E-state index contributed by atoms with van der Waals surface area (Å²) in [5.41, 5.74) is 23.0. The number of anilines is 5. The maximum Gasteiger partial charge on any atom is 0.345 e. The van der Waals surface area contributed by atoms with E-state index >= 15 is 0 Å². The van der Waals surface area contributed by atoms with Crippen LogP contribution in [0.3, 0.4) is 0 Å². The number of hydrazine groups is 1. The molecule has 0 unspecified atom stereocenters. The van der Waals surface area contributed by atoms with E-state index in [1.807, 2.05) is 264 Å². The van der Waals surface area contributed by atoms with E-state index in [-0.39, 0.29) is 22.9 Å². The Kier molecular flexibility index (Phi) is 36.7. The highest BCUT2D eigenvalue weighted by Crippen LogP contribution is 2.36. The number of amides is 1. The highest BCUT2D eigenvalue weighted by Gasteiger charge is 2.22. The second kappa shape index (κ2) is 49.6. The van der Waals surface area contributed by atoms with E-state index in [2.05, 4.69) is 56.7 Å². The topological polar surface area (TPSA) is 378 Å². The third-order valence-corrected chi connectivity index (χ3v) is 24.0.